The number of benzene rings is 1. The number of rotatable bonds is 5. The summed E-state index contributed by atoms with van der Waals surface area (Å²) in [5, 5.41) is 0. The van der Waals surface area contributed by atoms with Crippen LogP contribution in [0.1, 0.15) is 24.2 Å². The molecule has 0 unspecified atom stereocenters. The number of nitrogens with zero attached hydrogens (tertiary/aromatic N) is 3. The fourth-order valence-electron chi connectivity index (χ4n) is 3.17. The lowest BCUT2D eigenvalue weighted by molar-refractivity contribution is -0.123. The van der Waals surface area contributed by atoms with Gasteiger partial charge in [0.1, 0.15) is 5.82 Å². The molecular weight excluding hydrogens is 304 g/mol. The molecule has 6 nitrogen and oxygen atoms in total. The molecule has 1 aromatic heterocycles. The van der Waals surface area contributed by atoms with Crippen molar-refractivity contribution in [1.82, 2.24) is 9.55 Å². The maximum Gasteiger partial charge on any atom is 0.230 e. The third-order valence-corrected chi connectivity index (χ3v) is 4.46. The van der Waals surface area contributed by atoms with Crippen LogP contribution in [0.25, 0.3) is 0 Å². The van der Waals surface area contributed by atoms with Crippen molar-refractivity contribution in [2.24, 2.45) is 11.7 Å². The lowest BCUT2D eigenvalue weighted by Crippen LogP contribution is -2.41. The number of anilines is 1. The molecule has 2 aromatic rings. The van der Waals surface area contributed by atoms with E-state index in [1.165, 1.54) is 0 Å². The number of amides is 2. The van der Waals surface area contributed by atoms with Gasteiger partial charge < -0.3 is 15.2 Å². The van der Waals surface area contributed by atoms with Crippen molar-refractivity contribution in [1.29, 1.82) is 0 Å². The molecule has 0 saturated carbocycles. The lowest BCUT2D eigenvalue weighted by Gasteiger charge is -2.30. The van der Waals surface area contributed by atoms with Crippen LogP contribution in [0.5, 0.6) is 0 Å². The first kappa shape index (κ1) is 16.2. The number of hydrogen-bond acceptors (Lipinski definition) is 3. The quantitative estimate of drug-likeness (QED) is 0.907. The van der Waals surface area contributed by atoms with E-state index in [-0.39, 0.29) is 18.2 Å². The minimum Gasteiger partial charge on any atom is -0.370 e. The van der Waals surface area contributed by atoms with Gasteiger partial charge in [0.05, 0.1) is 0 Å². The maximum atomic E-state index is 13.1. The van der Waals surface area contributed by atoms with E-state index in [0.29, 0.717) is 13.0 Å². The van der Waals surface area contributed by atoms with Crippen LogP contribution in [0.2, 0.25) is 0 Å². The molecule has 0 fully saturated rings. The van der Waals surface area contributed by atoms with Crippen LogP contribution in [0.15, 0.2) is 36.7 Å². The van der Waals surface area contributed by atoms with Gasteiger partial charge >= 0.3 is 0 Å². The third-order valence-electron chi connectivity index (χ3n) is 4.46. The predicted octanol–water partition coefficient (Wildman–Crippen LogP) is 1.66. The van der Waals surface area contributed by atoms with Crippen LogP contribution in [0.3, 0.4) is 0 Å². The minimum atomic E-state index is -0.403. The molecule has 2 N–H and O–H groups in total. The molecule has 3 rings (SSSR count). The molecule has 2 amide bonds. The highest BCUT2D eigenvalue weighted by molar-refractivity contribution is 5.95. The van der Waals surface area contributed by atoms with E-state index in [9.17, 15) is 9.59 Å². The van der Waals surface area contributed by atoms with Crippen molar-refractivity contribution >= 4 is 17.5 Å². The molecule has 24 heavy (non-hydrogen) atoms. The van der Waals surface area contributed by atoms with Crippen LogP contribution >= 0.6 is 0 Å². The highest BCUT2D eigenvalue weighted by atomic mass is 16.2. The van der Waals surface area contributed by atoms with E-state index in [1.807, 2.05) is 37.4 Å². The van der Waals surface area contributed by atoms with E-state index in [4.69, 9.17) is 5.73 Å². The molecule has 1 aliphatic heterocycles. The van der Waals surface area contributed by atoms with Crippen molar-refractivity contribution < 1.29 is 9.59 Å². The predicted molar refractivity (Wildman–Crippen MR) is 91.4 cm³/mol. The van der Waals surface area contributed by atoms with Gasteiger partial charge in [0.25, 0.3) is 0 Å². The number of primary amides is 1. The summed E-state index contributed by atoms with van der Waals surface area (Å²) in [4.78, 5) is 30.3. The van der Waals surface area contributed by atoms with Gasteiger partial charge in [0.15, 0.2) is 0 Å². The average Bonchev–Trinajstić information content (AvgIpc) is 3.02. The van der Waals surface area contributed by atoms with E-state index < -0.39 is 5.91 Å². The molecule has 0 saturated heterocycles. The van der Waals surface area contributed by atoms with Crippen molar-refractivity contribution in [3.05, 3.63) is 48.0 Å². The average molecular weight is 326 g/mol. The second kappa shape index (κ2) is 6.86. The van der Waals surface area contributed by atoms with E-state index in [0.717, 1.165) is 30.0 Å². The van der Waals surface area contributed by atoms with Gasteiger partial charge in [-0.25, -0.2) is 4.98 Å². The standard InChI is InChI=1S/C18H22N4O2/c1-13-3-2-4-15(11-13)22(9-6-16(19)23)18(24)14-5-8-21-10-7-20-17(21)12-14/h2-4,7,10-11,14H,5-6,8-9,12H2,1H3,(H2,19,23)/t14-/m0/s1. The first-order valence-corrected chi connectivity index (χ1v) is 8.21. The molecule has 1 aromatic carbocycles. The van der Waals surface area contributed by atoms with Crippen LogP contribution in [0.4, 0.5) is 5.69 Å². The Balaban J connectivity index is 1.82. The number of fused-ring (bicyclic) bond motifs is 1. The van der Waals surface area contributed by atoms with Crippen molar-refractivity contribution in [3.8, 4) is 0 Å². The topological polar surface area (TPSA) is 81.2 Å². The van der Waals surface area contributed by atoms with Crippen LogP contribution in [0, 0.1) is 12.8 Å². The number of carbonyl (C=O) groups excluding carboxylic acids is 2. The molecule has 1 aliphatic rings. The lowest BCUT2D eigenvalue weighted by atomic mass is 9.95. The van der Waals surface area contributed by atoms with Crippen molar-refractivity contribution in [2.75, 3.05) is 11.4 Å². The van der Waals surface area contributed by atoms with Gasteiger partial charge in [0.2, 0.25) is 11.8 Å². The third kappa shape index (κ3) is 3.48. The van der Waals surface area contributed by atoms with Crippen molar-refractivity contribution in [2.45, 2.75) is 32.7 Å². The summed E-state index contributed by atoms with van der Waals surface area (Å²) in [5.41, 5.74) is 7.17. The SMILES string of the molecule is Cc1cccc(N(CCC(N)=O)C(=O)[C@H]2CCn3ccnc3C2)c1. The molecule has 0 bridgehead atoms. The molecule has 0 spiro atoms. The van der Waals surface area contributed by atoms with E-state index in [2.05, 4.69) is 9.55 Å². The van der Waals surface area contributed by atoms with Gasteiger partial charge in [-0.3, -0.25) is 9.59 Å². The first-order chi connectivity index (χ1) is 11.5. The Morgan fingerprint density at radius 3 is 3.00 bits per heavy atom. The molecule has 126 valence electrons. The monoisotopic (exact) mass is 326 g/mol. The molecular formula is C18H22N4O2. The van der Waals surface area contributed by atoms with E-state index in [1.54, 1.807) is 11.1 Å². The molecule has 2 heterocycles. The fraction of sp³-hybridized carbons (Fsp3) is 0.389. The zero-order chi connectivity index (χ0) is 17.1. The Kier molecular flexibility index (Phi) is 4.64. The largest absolute Gasteiger partial charge is 0.370 e. The molecule has 6 heteroatoms. The highest BCUT2D eigenvalue weighted by Gasteiger charge is 2.29. The normalized spacial score (nSPS) is 16.5. The van der Waals surface area contributed by atoms with Crippen LogP contribution in [-0.2, 0) is 22.6 Å². The van der Waals surface area contributed by atoms with Crippen LogP contribution < -0.4 is 10.6 Å². The van der Waals surface area contributed by atoms with Crippen molar-refractivity contribution in [3.63, 3.8) is 0 Å². The Morgan fingerprint density at radius 1 is 1.42 bits per heavy atom. The Bertz CT molecular complexity index is 753. The molecule has 1 atom stereocenters. The summed E-state index contributed by atoms with van der Waals surface area (Å²) in [7, 11) is 0. The highest BCUT2D eigenvalue weighted by Crippen LogP contribution is 2.25. The zero-order valence-corrected chi connectivity index (χ0v) is 13.8. The Morgan fingerprint density at radius 2 is 2.25 bits per heavy atom. The zero-order valence-electron chi connectivity index (χ0n) is 13.8. The summed E-state index contributed by atoms with van der Waals surface area (Å²) >= 11 is 0. The second-order valence-electron chi connectivity index (χ2n) is 6.27. The number of hydrogen-bond donors (Lipinski definition) is 1. The fourth-order valence-corrected chi connectivity index (χ4v) is 3.17. The van der Waals surface area contributed by atoms with Gasteiger partial charge in [-0.15, -0.1) is 0 Å². The van der Waals surface area contributed by atoms with Gasteiger partial charge in [-0.2, -0.15) is 0 Å². The Hall–Kier alpha value is -2.63. The number of nitrogens with two attached hydrogens (primary N) is 1. The van der Waals surface area contributed by atoms with Gasteiger partial charge in [-0.05, 0) is 31.0 Å². The van der Waals surface area contributed by atoms with E-state index >= 15 is 0 Å². The molecule has 0 radical (unpaired) electrons. The van der Waals surface area contributed by atoms with Crippen LogP contribution in [-0.4, -0.2) is 27.9 Å². The van der Waals surface area contributed by atoms with Gasteiger partial charge in [-0.1, -0.05) is 12.1 Å². The summed E-state index contributed by atoms with van der Waals surface area (Å²) in [6.45, 7) is 3.09. The summed E-state index contributed by atoms with van der Waals surface area (Å²) in [6.07, 6.45) is 5.28. The number of aryl methyl sites for hydroxylation is 2. The summed E-state index contributed by atoms with van der Waals surface area (Å²) < 4.78 is 2.09. The van der Waals surface area contributed by atoms with Gasteiger partial charge in [0, 0.05) is 49.9 Å². The minimum absolute atomic E-state index is 0.0381. The maximum absolute atomic E-state index is 13.1. The number of aromatic nitrogens is 2. The number of carbonyl (C=O) groups is 2. The second-order valence-corrected chi connectivity index (χ2v) is 6.27. The summed E-state index contributed by atoms with van der Waals surface area (Å²) in [5.74, 6) is 0.461. The first-order valence-electron chi connectivity index (χ1n) is 8.21. The Labute approximate surface area is 141 Å². The smallest absolute Gasteiger partial charge is 0.230 e. The summed E-state index contributed by atoms with van der Waals surface area (Å²) in [6, 6.07) is 7.76. The molecule has 0 aliphatic carbocycles. The number of imidazole rings is 1.